The minimum absolute atomic E-state index is 0.0961. The maximum absolute atomic E-state index is 10.2. The van der Waals surface area contributed by atoms with Crippen LogP contribution < -0.4 is 0 Å². The molecule has 0 aromatic heterocycles. The van der Waals surface area contributed by atoms with Gasteiger partial charge < -0.3 is 14.9 Å². The van der Waals surface area contributed by atoms with Crippen LogP contribution >= 0.6 is 0 Å². The molecule has 0 aliphatic heterocycles. The molecule has 2 N–H and O–H groups in total. The SMILES string of the molecule is COC(C)(C)CC(O)C(=O)O. The fraction of sp³-hybridized carbons (Fsp3) is 0.857. The zero-order chi connectivity index (χ0) is 9.07. The van der Waals surface area contributed by atoms with Gasteiger partial charge in [-0.2, -0.15) is 0 Å². The summed E-state index contributed by atoms with van der Waals surface area (Å²) in [6.45, 7) is 3.44. The number of hydrogen-bond donors (Lipinski definition) is 2. The predicted molar refractivity (Wildman–Crippen MR) is 39.3 cm³/mol. The smallest absolute Gasteiger partial charge is 0.332 e. The van der Waals surface area contributed by atoms with Gasteiger partial charge in [0, 0.05) is 13.5 Å². The van der Waals surface area contributed by atoms with E-state index in [0.717, 1.165) is 0 Å². The summed E-state index contributed by atoms with van der Waals surface area (Å²) in [5.41, 5.74) is -0.586. The Morgan fingerprint density at radius 3 is 2.36 bits per heavy atom. The second-order valence-corrected chi connectivity index (χ2v) is 3.02. The molecule has 0 spiro atoms. The first kappa shape index (κ1) is 10.4. The topological polar surface area (TPSA) is 66.8 Å². The second kappa shape index (κ2) is 3.69. The third kappa shape index (κ3) is 3.95. The molecule has 1 atom stereocenters. The molecule has 0 aliphatic carbocycles. The van der Waals surface area contributed by atoms with Crippen molar-refractivity contribution < 1.29 is 19.7 Å². The summed E-state index contributed by atoms with van der Waals surface area (Å²) in [6.07, 6.45) is -1.25. The van der Waals surface area contributed by atoms with Crippen LogP contribution in [0.3, 0.4) is 0 Å². The molecule has 0 rings (SSSR count). The molecule has 0 aliphatic rings. The molecule has 0 aromatic rings. The predicted octanol–water partition coefficient (Wildman–Crippen LogP) is 0.247. The van der Waals surface area contributed by atoms with E-state index in [1.807, 2.05) is 0 Å². The van der Waals surface area contributed by atoms with Crippen LogP contribution in [0.25, 0.3) is 0 Å². The van der Waals surface area contributed by atoms with Crippen molar-refractivity contribution in [2.75, 3.05) is 7.11 Å². The van der Waals surface area contributed by atoms with Gasteiger partial charge in [0.1, 0.15) is 0 Å². The van der Waals surface area contributed by atoms with Crippen LogP contribution in [0.5, 0.6) is 0 Å². The van der Waals surface area contributed by atoms with Crippen LogP contribution in [0.2, 0.25) is 0 Å². The lowest BCUT2D eigenvalue weighted by Crippen LogP contribution is -2.33. The van der Waals surface area contributed by atoms with Gasteiger partial charge in [0.05, 0.1) is 5.60 Å². The van der Waals surface area contributed by atoms with Gasteiger partial charge in [-0.1, -0.05) is 0 Å². The molecule has 1 unspecified atom stereocenters. The third-order valence-electron chi connectivity index (χ3n) is 1.52. The molecule has 0 saturated heterocycles. The van der Waals surface area contributed by atoms with Crippen molar-refractivity contribution in [3.05, 3.63) is 0 Å². The van der Waals surface area contributed by atoms with Crippen molar-refractivity contribution in [3.8, 4) is 0 Å². The summed E-state index contributed by atoms with van der Waals surface area (Å²) in [7, 11) is 1.48. The summed E-state index contributed by atoms with van der Waals surface area (Å²) >= 11 is 0. The van der Waals surface area contributed by atoms with Crippen LogP contribution in [0.1, 0.15) is 20.3 Å². The number of carboxylic acid groups (broad SMARTS) is 1. The van der Waals surface area contributed by atoms with Gasteiger partial charge >= 0.3 is 5.97 Å². The van der Waals surface area contributed by atoms with E-state index in [2.05, 4.69) is 0 Å². The van der Waals surface area contributed by atoms with Gasteiger partial charge in [0.15, 0.2) is 6.10 Å². The number of aliphatic hydroxyl groups excluding tert-OH is 1. The normalized spacial score (nSPS) is 14.5. The van der Waals surface area contributed by atoms with Gasteiger partial charge in [-0.3, -0.25) is 0 Å². The summed E-state index contributed by atoms with van der Waals surface area (Å²) in [5.74, 6) is -1.21. The molecule has 11 heavy (non-hydrogen) atoms. The van der Waals surface area contributed by atoms with Crippen molar-refractivity contribution in [1.82, 2.24) is 0 Å². The highest BCUT2D eigenvalue weighted by Crippen LogP contribution is 2.15. The number of carbonyl (C=O) groups is 1. The Morgan fingerprint density at radius 1 is 1.64 bits per heavy atom. The van der Waals surface area contributed by atoms with Gasteiger partial charge in [-0.25, -0.2) is 4.79 Å². The highest BCUT2D eigenvalue weighted by atomic mass is 16.5. The lowest BCUT2D eigenvalue weighted by molar-refractivity contribution is -0.150. The Bertz CT molecular complexity index is 141. The van der Waals surface area contributed by atoms with Gasteiger partial charge in [0.25, 0.3) is 0 Å². The zero-order valence-electron chi connectivity index (χ0n) is 7.00. The quantitative estimate of drug-likeness (QED) is 0.621. The summed E-state index contributed by atoms with van der Waals surface area (Å²) in [6, 6.07) is 0. The van der Waals surface area contributed by atoms with Crippen LogP contribution in [-0.4, -0.2) is 35.0 Å². The second-order valence-electron chi connectivity index (χ2n) is 3.02. The summed E-state index contributed by atoms with van der Waals surface area (Å²) in [4.78, 5) is 10.2. The van der Waals surface area contributed by atoms with Crippen molar-refractivity contribution in [3.63, 3.8) is 0 Å². The van der Waals surface area contributed by atoms with Crippen molar-refractivity contribution in [1.29, 1.82) is 0 Å². The van der Waals surface area contributed by atoms with Gasteiger partial charge in [0.2, 0.25) is 0 Å². The number of carboxylic acids is 1. The van der Waals surface area contributed by atoms with E-state index in [9.17, 15) is 4.79 Å². The van der Waals surface area contributed by atoms with Crippen LogP contribution in [0.4, 0.5) is 0 Å². The van der Waals surface area contributed by atoms with Crippen molar-refractivity contribution >= 4 is 5.97 Å². The molecular formula is C7H14O4. The molecule has 0 bridgehead atoms. The van der Waals surface area contributed by atoms with E-state index in [-0.39, 0.29) is 6.42 Å². The van der Waals surface area contributed by atoms with E-state index in [4.69, 9.17) is 14.9 Å². The van der Waals surface area contributed by atoms with E-state index in [1.165, 1.54) is 7.11 Å². The summed E-state index contributed by atoms with van der Waals surface area (Å²) < 4.78 is 4.94. The Labute approximate surface area is 65.8 Å². The number of methoxy groups -OCH3 is 1. The molecule has 4 heteroatoms. The number of aliphatic carboxylic acids is 1. The molecular weight excluding hydrogens is 148 g/mol. The minimum atomic E-state index is -1.34. The molecule has 0 heterocycles. The van der Waals surface area contributed by atoms with Gasteiger partial charge in [-0.05, 0) is 13.8 Å². The first-order chi connectivity index (χ1) is 4.89. The molecule has 66 valence electrons. The van der Waals surface area contributed by atoms with E-state index in [0.29, 0.717) is 0 Å². The van der Waals surface area contributed by atoms with Crippen LogP contribution in [0, 0.1) is 0 Å². The molecule has 4 nitrogen and oxygen atoms in total. The van der Waals surface area contributed by atoms with E-state index < -0.39 is 17.7 Å². The summed E-state index contributed by atoms with van der Waals surface area (Å²) in [5, 5.41) is 17.2. The zero-order valence-corrected chi connectivity index (χ0v) is 7.00. The monoisotopic (exact) mass is 162 g/mol. The maximum Gasteiger partial charge on any atom is 0.332 e. The van der Waals surface area contributed by atoms with Gasteiger partial charge in [-0.15, -0.1) is 0 Å². The maximum atomic E-state index is 10.2. The lowest BCUT2D eigenvalue weighted by Gasteiger charge is -2.23. The Morgan fingerprint density at radius 2 is 2.09 bits per heavy atom. The highest BCUT2D eigenvalue weighted by molar-refractivity contribution is 5.71. The first-order valence-corrected chi connectivity index (χ1v) is 3.35. The third-order valence-corrected chi connectivity index (χ3v) is 1.52. The van der Waals surface area contributed by atoms with E-state index >= 15 is 0 Å². The molecule has 0 fully saturated rings. The fourth-order valence-electron chi connectivity index (χ4n) is 0.636. The standard InChI is InChI=1S/C7H14O4/c1-7(2,11-3)4-5(8)6(9)10/h5,8H,4H2,1-3H3,(H,9,10). The number of hydrogen-bond acceptors (Lipinski definition) is 3. The van der Waals surface area contributed by atoms with Crippen LogP contribution in [0.15, 0.2) is 0 Å². The largest absolute Gasteiger partial charge is 0.479 e. The van der Waals surface area contributed by atoms with Crippen LogP contribution in [-0.2, 0) is 9.53 Å². The number of aliphatic hydroxyl groups is 1. The molecule has 0 saturated carbocycles. The molecule has 0 amide bonds. The fourth-order valence-corrected chi connectivity index (χ4v) is 0.636. The highest BCUT2D eigenvalue weighted by Gasteiger charge is 2.25. The number of ether oxygens (including phenoxy) is 1. The first-order valence-electron chi connectivity index (χ1n) is 3.35. The van der Waals surface area contributed by atoms with Crippen molar-refractivity contribution in [2.24, 2.45) is 0 Å². The average Bonchev–Trinajstić information content (AvgIpc) is 1.87. The Kier molecular flexibility index (Phi) is 3.48. The molecule has 0 aromatic carbocycles. The Balaban J connectivity index is 3.93. The molecule has 0 radical (unpaired) electrons. The number of rotatable bonds is 4. The average molecular weight is 162 g/mol. The lowest BCUT2D eigenvalue weighted by atomic mass is 10.0. The Hall–Kier alpha value is -0.610. The minimum Gasteiger partial charge on any atom is -0.479 e. The van der Waals surface area contributed by atoms with Crippen molar-refractivity contribution in [2.45, 2.75) is 32.0 Å². The van der Waals surface area contributed by atoms with E-state index in [1.54, 1.807) is 13.8 Å².